The molecule has 9 heavy (non-hydrogen) atoms. The van der Waals surface area contributed by atoms with E-state index in [0.717, 1.165) is 25.0 Å². The predicted molar refractivity (Wildman–Crippen MR) is 39.6 cm³/mol. The standard InChI is InChI=1S/C7H15NO/c1-4-6-7(5-2)8-9-3/h4-6H2,1-3H3. The summed E-state index contributed by atoms with van der Waals surface area (Å²) < 4.78 is 0. The molecule has 2 nitrogen and oxygen atoms in total. The summed E-state index contributed by atoms with van der Waals surface area (Å²) >= 11 is 0. The fourth-order valence-corrected chi connectivity index (χ4v) is 0.705. The minimum atomic E-state index is 1.00. The second-order valence-corrected chi connectivity index (χ2v) is 1.94. The van der Waals surface area contributed by atoms with Crippen LogP contribution in [0.5, 0.6) is 0 Å². The van der Waals surface area contributed by atoms with E-state index < -0.39 is 0 Å². The topological polar surface area (TPSA) is 21.6 Å². The lowest BCUT2D eigenvalue weighted by Gasteiger charge is -1.97. The minimum absolute atomic E-state index is 1.00. The van der Waals surface area contributed by atoms with Crippen molar-refractivity contribution in [3.8, 4) is 0 Å². The smallest absolute Gasteiger partial charge is 0.106 e. The number of hydrogen-bond acceptors (Lipinski definition) is 2. The van der Waals surface area contributed by atoms with E-state index in [1.807, 2.05) is 0 Å². The van der Waals surface area contributed by atoms with Gasteiger partial charge in [0, 0.05) is 0 Å². The van der Waals surface area contributed by atoms with Gasteiger partial charge in [0.25, 0.3) is 0 Å². The van der Waals surface area contributed by atoms with Gasteiger partial charge in [0.05, 0.1) is 5.71 Å². The molecule has 0 N–H and O–H groups in total. The first kappa shape index (κ1) is 8.47. The fourth-order valence-electron chi connectivity index (χ4n) is 0.705. The molecule has 0 bridgehead atoms. The quantitative estimate of drug-likeness (QED) is 0.421. The molecule has 54 valence electrons. The van der Waals surface area contributed by atoms with Gasteiger partial charge in [-0.15, -0.1) is 0 Å². The van der Waals surface area contributed by atoms with Crippen LogP contribution in [-0.4, -0.2) is 12.8 Å². The second-order valence-electron chi connectivity index (χ2n) is 1.94. The highest BCUT2D eigenvalue weighted by atomic mass is 16.6. The van der Waals surface area contributed by atoms with Crippen LogP contribution >= 0.6 is 0 Å². The molecule has 0 atom stereocenters. The molecule has 0 aliphatic carbocycles. The summed E-state index contributed by atoms with van der Waals surface area (Å²) in [6, 6.07) is 0. The zero-order valence-electron chi connectivity index (χ0n) is 6.48. The van der Waals surface area contributed by atoms with Crippen molar-refractivity contribution in [1.29, 1.82) is 0 Å². The molecule has 0 aliphatic rings. The highest BCUT2D eigenvalue weighted by Gasteiger charge is 1.92. The van der Waals surface area contributed by atoms with Crippen LogP contribution in [0, 0.1) is 0 Å². The summed E-state index contributed by atoms with van der Waals surface area (Å²) in [5, 5.41) is 3.85. The van der Waals surface area contributed by atoms with E-state index in [-0.39, 0.29) is 0 Å². The Bertz CT molecular complexity index is 88.9. The van der Waals surface area contributed by atoms with Gasteiger partial charge in [-0.3, -0.25) is 0 Å². The van der Waals surface area contributed by atoms with E-state index in [2.05, 4.69) is 23.8 Å². The van der Waals surface area contributed by atoms with E-state index >= 15 is 0 Å². The molecule has 0 heterocycles. The molecule has 2 heteroatoms. The molecule has 0 unspecified atom stereocenters. The first-order chi connectivity index (χ1) is 4.35. The number of oxime groups is 1. The van der Waals surface area contributed by atoms with Gasteiger partial charge in [0.15, 0.2) is 0 Å². The first-order valence-electron chi connectivity index (χ1n) is 3.44. The normalized spacial score (nSPS) is 11.7. The summed E-state index contributed by atoms with van der Waals surface area (Å²) in [6.45, 7) is 4.23. The van der Waals surface area contributed by atoms with E-state index in [9.17, 15) is 0 Å². The van der Waals surface area contributed by atoms with E-state index in [0.29, 0.717) is 0 Å². The Morgan fingerprint density at radius 1 is 1.44 bits per heavy atom. The summed E-state index contributed by atoms with van der Waals surface area (Å²) in [6.07, 6.45) is 3.21. The molecule has 0 amide bonds. The third kappa shape index (κ3) is 4.01. The number of nitrogens with zero attached hydrogens (tertiary/aromatic N) is 1. The number of rotatable bonds is 4. The number of hydrogen-bond donors (Lipinski definition) is 0. The summed E-state index contributed by atoms with van der Waals surface area (Å²) in [5.74, 6) is 0. The lowest BCUT2D eigenvalue weighted by Crippen LogP contribution is -1.95. The van der Waals surface area contributed by atoms with Crippen LogP contribution in [0.4, 0.5) is 0 Å². The Labute approximate surface area is 56.9 Å². The van der Waals surface area contributed by atoms with Crippen LogP contribution in [0.25, 0.3) is 0 Å². The average molecular weight is 129 g/mol. The SMILES string of the molecule is CCCC(CC)=NOC. The van der Waals surface area contributed by atoms with Crippen molar-refractivity contribution in [2.24, 2.45) is 5.16 Å². The van der Waals surface area contributed by atoms with Gasteiger partial charge in [-0.2, -0.15) is 0 Å². The monoisotopic (exact) mass is 129 g/mol. The Kier molecular flexibility index (Phi) is 5.27. The predicted octanol–water partition coefficient (Wildman–Crippen LogP) is 2.20. The van der Waals surface area contributed by atoms with E-state index in [4.69, 9.17) is 0 Å². The minimum Gasteiger partial charge on any atom is -0.399 e. The van der Waals surface area contributed by atoms with Crippen molar-refractivity contribution in [1.82, 2.24) is 0 Å². The molecule has 0 aromatic carbocycles. The van der Waals surface area contributed by atoms with Crippen molar-refractivity contribution >= 4 is 5.71 Å². The Morgan fingerprint density at radius 3 is 2.44 bits per heavy atom. The Morgan fingerprint density at radius 2 is 2.11 bits per heavy atom. The van der Waals surface area contributed by atoms with Gasteiger partial charge in [-0.05, 0) is 12.8 Å². The fraction of sp³-hybridized carbons (Fsp3) is 0.857. The zero-order valence-corrected chi connectivity index (χ0v) is 6.48. The Balaban J connectivity index is 3.53. The third-order valence-corrected chi connectivity index (χ3v) is 1.17. The van der Waals surface area contributed by atoms with Crippen molar-refractivity contribution < 1.29 is 4.84 Å². The maximum atomic E-state index is 4.64. The molecule has 0 saturated carbocycles. The molecule has 0 aromatic heterocycles. The highest BCUT2D eigenvalue weighted by Crippen LogP contribution is 1.96. The van der Waals surface area contributed by atoms with E-state index in [1.165, 1.54) is 0 Å². The molecule has 0 rings (SSSR count). The van der Waals surface area contributed by atoms with Crippen molar-refractivity contribution in [3.63, 3.8) is 0 Å². The molecule has 0 radical (unpaired) electrons. The highest BCUT2D eigenvalue weighted by molar-refractivity contribution is 5.83. The average Bonchev–Trinajstić information content (AvgIpc) is 1.88. The molecule has 0 saturated heterocycles. The molecule has 0 aliphatic heterocycles. The van der Waals surface area contributed by atoms with Crippen molar-refractivity contribution in [2.75, 3.05) is 7.11 Å². The maximum absolute atomic E-state index is 4.64. The summed E-state index contributed by atoms with van der Waals surface area (Å²) in [7, 11) is 1.59. The third-order valence-electron chi connectivity index (χ3n) is 1.17. The summed E-state index contributed by atoms with van der Waals surface area (Å²) in [5.41, 5.74) is 1.15. The zero-order chi connectivity index (χ0) is 7.11. The van der Waals surface area contributed by atoms with Gasteiger partial charge < -0.3 is 4.84 Å². The van der Waals surface area contributed by atoms with Crippen LogP contribution < -0.4 is 0 Å². The lowest BCUT2D eigenvalue weighted by molar-refractivity contribution is 0.211. The Hall–Kier alpha value is -0.530. The van der Waals surface area contributed by atoms with Gasteiger partial charge in [-0.1, -0.05) is 25.4 Å². The van der Waals surface area contributed by atoms with Gasteiger partial charge in [0.2, 0.25) is 0 Å². The van der Waals surface area contributed by atoms with Crippen LogP contribution in [0.2, 0.25) is 0 Å². The molecular formula is C7H15NO. The molecular weight excluding hydrogens is 114 g/mol. The largest absolute Gasteiger partial charge is 0.399 e. The first-order valence-corrected chi connectivity index (χ1v) is 3.44. The molecule has 0 spiro atoms. The summed E-state index contributed by atoms with van der Waals surface area (Å²) in [4.78, 5) is 4.64. The molecule has 0 aromatic rings. The van der Waals surface area contributed by atoms with Crippen LogP contribution in [-0.2, 0) is 4.84 Å². The van der Waals surface area contributed by atoms with Crippen molar-refractivity contribution in [2.45, 2.75) is 33.1 Å². The lowest BCUT2D eigenvalue weighted by atomic mass is 10.2. The second kappa shape index (κ2) is 5.60. The van der Waals surface area contributed by atoms with Gasteiger partial charge in [0.1, 0.15) is 7.11 Å². The van der Waals surface area contributed by atoms with E-state index in [1.54, 1.807) is 7.11 Å². The van der Waals surface area contributed by atoms with Crippen LogP contribution in [0.15, 0.2) is 5.16 Å². The van der Waals surface area contributed by atoms with Crippen LogP contribution in [0.3, 0.4) is 0 Å². The van der Waals surface area contributed by atoms with Gasteiger partial charge >= 0.3 is 0 Å². The maximum Gasteiger partial charge on any atom is 0.106 e. The van der Waals surface area contributed by atoms with Gasteiger partial charge in [-0.25, -0.2) is 0 Å². The van der Waals surface area contributed by atoms with Crippen molar-refractivity contribution in [3.05, 3.63) is 0 Å². The molecule has 0 fully saturated rings. The van der Waals surface area contributed by atoms with Crippen LogP contribution in [0.1, 0.15) is 33.1 Å².